The van der Waals surface area contributed by atoms with Gasteiger partial charge in [-0.2, -0.15) is 0 Å². The van der Waals surface area contributed by atoms with Crippen LogP contribution in [0.4, 0.5) is 0 Å². The van der Waals surface area contributed by atoms with Crippen molar-refractivity contribution in [2.24, 2.45) is 0 Å². The molecular weight excluding hydrogens is 316 g/mol. The summed E-state index contributed by atoms with van der Waals surface area (Å²) in [5.41, 5.74) is 0. The van der Waals surface area contributed by atoms with Gasteiger partial charge in [0.1, 0.15) is 12.7 Å². The maximum Gasteiger partial charge on any atom is 0.303 e. The van der Waals surface area contributed by atoms with E-state index in [1.807, 2.05) is 0 Å². The summed E-state index contributed by atoms with van der Waals surface area (Å²) in [5.74, 6) is -2.12. The third-order valence-corrected chi connectivity index (χ3v) is 2.88. The number of carbonyl (C=O) groups excluding carboxylic acids is 4. The number of rotatable bonds is 6. The van der Waals surface area contributed by atoms with Gasteiger partial charge >= 0.3 is 17.9 Å². The van der Waals surface area contributed by atoms with E-state index in [2.05, 4.69) is 0 Å². The van der Waals surface area contributed by atoms with Crippen molar-refractivity contribution < 1.29 is 48.0 Å². The molecule has 1 aliphatic rings. The van der Waals surface area contributed by atoms with Crippen LogP contribution < -0.4 is 0 Å². The van der Waals surface area contributed by atoms with E-state index in [-0.39, 0.29) is 13.1 Å². The number of aliphatic hydroxyl groups excluding tert-OH is 1. The molecule has 0 radical (unpaired) electrons. The number of hydrogen-bond donors (Lipinski definition) is 1. The number of carbonyl (C=O) groups is 4. The van der Waals surface area contributed by atoms with Crippen molar-refractivity contribution in [3.63, 3.8) is 0 Å². The Kier molecular flexibility index (Phi) is 6.91. The molecule has 1 fully saturated rings. The van der Waals surface area contributed by atoms with Gasteiger partial charge < -0.3 is 28.8 Å². The summed E-state index contributed by atoms with van der Waals surface area (Å²) in [4.78, 5) is 44.0. The van der Waals surface area contributed by atoms with E-state index in [0.717, 1.165) is 20.8 Å². The molecule has 1 N–H and O–H groups in total. The first kappa shape index (κ1) is 18.8. The number of aliphatic hydroxyl groups is 1. The van der Waals surface area contributed by atoms with Crippen LogP contribution in [0.5, 0.6) is 0 Å². The largest absolute Gasteiger partial charge is 0.463 e. The Balaban J connectivity index is 3.04. The molecule has 10 heteroatoms. The van der Waals surface area contributed by atoms with Gasteiger partial charge in [0.05, 0.1) is 0 Å². The minimum Gasteiger partial charge on any atom is -0.463 e. The highest BCUT2D eigenvalue weighted by atomic mass is 16.7. The second kappa shape index (κ2) is 8.44. The Morgan fingerprint density at radius 1 is 1.00 bits per heavy atom. The van der Waals surface area contributed by atoms with Crippen LogP contribution in [0, 0.1) is 0 Å². The van der Waals surface area contributed by atoms with Crippen molar-refractivity contribution >= 4 is 24.4 Å². The molecule has 0 aromatic heterocycles. The predicted molar refractivity (Wildman–Crippen MR) is 69.6 cm³/mol. The van der Waals surface area contributed by atoms with E-state index >= 15 is 0 Å². The number of ether oxygens (including phenoxy) is 5. The molecule has 10 nitrogen and oxygen atoms in total. The zero-order valence-electron chi connectivity index (χ0n) is 12.8. The van der Waals surface area contributed by atoms with Gasteiger partial charge in [0.2, 0.25) is 0 Å². The molecule has 0 bridgehead atoms. The van der Waals surface area contributed by atoms with Gasteiger partial charge in [0, 0.05) is 20.8 Å². The van der Waals surface area contributed by atoms with Gasteiger partial charge in [0.15, 0.2) is 24.6 Å². The molecule has 1 heterocycles. The van der Waals surface area contributed by atoms with Crippen LogP contribution in [0.1, 0.15) is 20.8 Å². The molecule has 0 aromatic carbocycles. The zero-order valence-corrected chi connectivity index (χ0v) is 12.8. The lowest BCUT2D eigenvalue weighted by molar-refractivity contribution is -0.294. The van der Waals surface area contributed by atoms with Gasteiger partial charge in [-0.1, -0.05) is 0 Å². The molecule has 0 saturated carbocycles. The first-order chi connectivity index (χ1) is 10.8. The first-order valence-electron chi connectivity index (χ1n) is 6.66. The number of esters is 3. The van der Waals surface area contributed by atoms with Crippen molar-refractivity contribution in [3.05, 3.63) is 0 Å². The van der Waals surface area contributed by atoms with Crippen LogP contribution in [-0.4, -0.2) is 66.8 Å². The molecular formula is C13H18O10. The Morgan fingerprint density at radius 2 is 1.57 bits per heavy atom. The molecule has 5 unspecified atom stereocenters. The van der Waals surface area contributed by atoms with Crippen molar-refractivity contribution in [3.8, 4) is 0 Å². The Hall–Kier alpha value is -2.20. The van der Waals surface area contributed by atoms with Crippen molar-refractivity contribution in [2.45, 2.75) is 51.5 Å². The van der Waals surface area contributed by atoms with Crippen molar-refractivity contribution in [1.29, 1.82) is 0 Å². The summed E-state index contributed by atoms with van der Waals surface area (Å²) < 4.78 is 24.6. The molecule has 0 spiro atoms. The third kappa shape index (κ3) is 5.49. The van der Waals surface area contributed by atoms with Crippen LogP contribution in [0.25, 0.3) is 0 Å². The van der Waals surface area contributed by atoms with Gasteiger partial charge in [-0.3, -0.25) is 19.2 Å². The minimum absolute atomic E-state index is 0.0542. The summed E-state index contributed by atoms with van der Waals surface area (Å²) in [7, 11) is 0. The van der Waals surface area contributed by atoms with Gasteiger partial charge in [-0.05, 0) is 0 Å². The van der Waals surface area contributed by atoms with Crippen LogP contribution in [0.2, 0.25) is 0 Å². The fraction of sp³-hybridized carbons (Fsp3) is 0.692. The lowest BCUT2D eigenvalue weighted by Gasteiger charge is -2.42. The molecule has 0 aliphatic carbocycles. The highest BCUT2D eigenvalue weighted by Gasteiger charge is 2.51. The highest BCUT2D eigenvalue weighted by molar-refractivity contribution is 5.67. The van der Waals surface area contributed by atoms with Gasteiger partial charge in [0.25, 0.3) is 6.47 Å². The molecule has 5 atom stereocenters. The van der Waals surface area contributed by atoms with Crippen LogP contribution in [-0.2, 0) is 42.9 Å². The average Bonchev–Trinajstić information content (AvgIpc) is 2.43. The molecule has 0 aromatic rings. The van der Waals surface area contributed by atoms with E-state index in [9.17, 15) is 24.3 Å². The Bertz CT molecular complexity index is 462. The number of hydrogen-bond acceptors (Lipinski definition) is 10. The van der Waals surface area contributed by atoms with E-state index in [0.29, 0.717) is 0 Å². The molecule has 1 aliphatic heterocycles. The smallest absolute Gasteiger partial charge is 0.303 e. The SMILES string of the molecule is CC(=O)OCC1OC(O)C(OC(C)=O)C(OC=O)C1OC(C)=O. The standard InChI is InChI=1S/C13H18O10/c1-6(15)19-4-9-10(21-7(2)16)11(20-5-14)12(13(18)23-9)22-8(3)17/h5,9-13,18H,4H2,1-3H3. The van der Waals surface area contributed by atoms with E-state index in [4.69, 9.17) is 23.7 Å². The first-order valence-corrected chi connectivity index (χ1v) is 6.66. The highest BCUT2D eigenvalue weighted by Crippen LogP contribution is 2.27. The normalized spacial score (nSPS) is 30.0. The van der Waals surface area contributed by atoms with Gasteiger partial charge in [-0.15, -0.1) is 0 Å². The summed E-state index contributed by atoms with van der Waals surface area (Å²) in [5, 5.41) is 9.93. The van der Waals surface area contributed by atoms with Crippen molar-refractivity contribution in [1.82, 2.24) is 0 Å². The van der Waals surface area contributed by atoms with E-state index < -0.39 is 48.6 Å². The molecule has 0 amide bonds. The summed E-state index contributed by atoms with van der Waals surface area (Å²) >= 11 is 0. The summed E-state index contributed by atoms with van der Waals surface area (Å²) in [6.07, 6.45) is -6.77. The molecule has 1 saturated heterocycles. The third-order valence-electron chi connectivity index (χ3n) is 2.88. The van der Waals surface area contributed by atoms with Crippen molar-refractivity contribution in [2.75, 3.05) is 6.61 Å². The summed E-state index contributed by atoms with van der Waals surface area (Å²) in [6, 6.07) is 0. The zero-order chi connectivity index (χ0) is 17.6. The second-order valence-electron chi connectivity index (χ2n) is 4.71. The minimum atomic E-state index is -1.67. The topological polar surface area (TPSA) is 135 Å². The van der Waals surface area contributed by atoms with Gasteiger partial charge in [-0.25, -0.2) is 0 Å². The predicted octanol–water partition coefficient (Wildman–Crippen LogP) is -1.33. The Morgan fingerprint density at radius 3 is 2.04 bits per heavy atom. The molecule has 130 valence electrons. The van der Waals surface area contributed by atoms with E-state index in [1.54, 1.807) is 0 Å². The Labute approximate surface area is 131 Å². The van der Waals surface area contributed by atoms with Crippen LogP contribution in [0.3, 0.4) is 0 Å². The monoisotopic (exact) mass is 334 g/mol. The van der Waals surface area contributed by atoms with Crippen LogP contribution >= 0.6 is 0 Å². The lowest BCUT2D eigenvalue weighted by atomic mass is 9.98. The quantitative estimate of drug-likeness (QED) is 0.353. The maximum absolute atomic E-state index is 11.3. The maximum atomic E-state index is 11.3. The lowest BCUT2D eigenvalue weighted by Crippen LogP contribution is -2.61. The average molecular weight is 334 g/mol. The second-order valence-corrected chi connectivity index (χ2v) is 4.71. The fourth-order valence-corrected chi connectivity index (χ4v) is 2.10. The van der Waals surface area contributed by atoms with Crippen LogP contribution in [0.15, 0.2) is 0 Å². The fourth-order valence-electron chi connectivity index (χ4n) is 2.10. The summed E-state index contributed by atoms with van der Waals surface area (Å²) in [6.45, 7) is 3.03. The van der Waals surface area contributed by atoms with E-state index in [1.165, 1.54) is 0 Å². The molecule has 23 heavy (non-hydrogen) atoms. The molecule has 1 rings (SSSR count).